The van der Waals surface area contributed by atoms with Crippen LogP contribution in [0.2, 0.25) is 5.02 Å². The van der Waals surface area contributed by atoms with E-state index in [-0.39, 0.29) is 11.3 Å². The number of hydrogen-bond donors (Lipinski definition) is 1. The standard InChI is InChI=1S/C19H18ClN3O2/c20-15-5-3-4-14(12-15)8-10-21-19(25)9-11-23-17-7-2-1-6-16(17)18(24)13-22-23/h1-7,12-13H,8-11H2,(H,21,25). The Balaban J connectivity index is 1.54. The van der Waals surface area contributed by atoms with Crippen LogP contribution in [-0.4, -0.2) is 22.2 Å². The van der Waals surface area contributed by atoms with Gasteiger partial charge in [0, 0.05) is 23.4 Å². The molecule has 0 aliphatic heterocycles. The van der Waals surface area contributed by atoms with Gasteiger partial charge >= 0.3 is 0 Å². The van der Waals surface area contributed by atoms with Crippen LogP contribution in [0.15, 0.2) is 59.5 Å². The van der Waals surface area contributed by atoms with Gasteiger partial charge in [0.25, 0.3) is 0 Å². The molecule has 128 valence electrons. The number of para-hydroxylation sites is 1. The first-order valence-electron chi connectivity index (χ1n) is 8.09. The third-order valence-corrected chi connectivity index (χ3v) is 4.17. The van der Waals surface area contributed by atoms with E-state index in [2.05, 4.69) is 10.4 Å². The molecule has 0 fully saturated rings. The molecule has 5 nitrogen and oxygen atoms in total. The van der Waals surface area contributed by atoms with E-state index < -0.39 is 0 Å². The minimum Gasteiger partial charge on any atom is -0.356 e. The second-order valence-corrected chi connectivity index (χ2v) is 6.17. The van der Waals surface area contributed by atoms with Gasteiger partial charge in [-0.1, -0.05) is 35.9 Å². The molecule has 2 aromatic carbocycles. The van der Waals surface area contributed by atoms with Gasteiger partial charge in [0.1, 0.15) is 0 Å². The molecule has 0 bridgehead atoms. The second-order valence-electron chi connectivity index (χ2n) is 5.73. The summed E-state index contributed by atoms with van der Waals surface area (Å²) in [4.78, 5) is 23.8. The molecule has 0 spiro atoms. The molecule has 6 heteroatoms. The van der Waals surface area contributed by atoms with Crippen molar-refractivity contribution in [3.8, 4) is 0 Å². The van der Waals surface area contributed by atoms with Crippen LogP contribution in [-0.2, 0) is 17.8 Å². The highest BCUT2D eigenvalue weighted by atomic mass is 35.5. The van der Waals surface area contributed by atoms with Crippen LogP contribution in [0.1, 0.15) is 12.0 Å². The summed E-state index contributed by atoms with van der Waals surface area (Å²) in [7, 11) is 0. The first kappa shape index (κ1) is 17.2. The smallest absolute Gasteiger partial charge is 0.221 e. The van der Waals surface area contributed by atoms with Crippen molar-refractivity contribution >= 4 is 28.4 Å². The molecule has 3 aromatic rings. The average molecular weight is 356 g/mol. The van der Waals surface area contributed by atoms with Crippen molar-refractivity contribution in [1.82, 2.24) is 15.1 Å². The average Bonchev–Trinajstić information content (AvgIpc) is 2.61. The van der Waals surface area contributed by atoms with Crippen LogP contribution >= 0.6 is 11.6 Å². The zero-order valence-electron chi connectivity index (χ0n) is 13.6. The van der Waals surface area contributed by atoms with Gasteiger partial charge in [0.05, 0.1) is 18.3 Å². The Morgan fingerprint density at radius 3 is 2.84 bits per heavy atom. The van der Waals surface area contributed by atoms with Crippen LogP contribution in [0.5, 0.6) is 0 Å². The van der Waals surface area contributed by atoms with Crippen LogP contribution < -0.4 is 10.7 Å². The van der Waals surface area contributed by atoms with Crippen molar-refractivity contribution < 1.29 is 4.79 Å². The van der Waals surface area contributed by atoms with Gasteiger partial charge in [0.2, 0.25) is 11.3 Å². The summed E-state index contributed by atoms with van der Waals surface area (Å²) in [5, 5.41) is 8.33. The van der Waals surface area contributed by atoms with E-state index in [9.17, 15) is 9.59 Å². The molecule has 1 amide bonds. The van der Waals surface area contributed by atoms with Crippen LogP contribution in [0.4, 0.5) is 0 Å². The van der Waals surface area contributed by atoms with E-state index in [1.807, 2.05) is 42.5 Å². The Morgan fingerprint density at radius 2 is 2.00 bits per heavy atom. The number of benzene rings is 2. The molecular formula is C19H18ClN3O2. The number of nitrogens with one attached hydrogen (secondary N) is 1. The highest BCUT2D eigenvalue weighted by Gasteiger charge is 2.06. The quantitative estimate of drug-likeness (QED) is 0.739. The maximum absolute atomic E-state index is 12.0. The SMILES string of the molecule is O=C(CCn1ncc(=O)c2ccccc21)NCCc1cccc(Cl)c1. The Hall–Kier alpha value is -2.66. The third kappa shape index (κ3) is 4.45. The largest absolute Gasteiger partial charge is 0.356 e. The number of rotatable bonds is 6. The lowest BCUT2D eigenvalue weighted by Crippen LogP contribution is -2.27. The topological polar surface area (TPSA) is 64.0 Å². The highest BCUT2D eigenvalue weighted by Crippen LogP contribution is 2.11. The van der Waals surface area contributed by atoms with Crippen molar-refractivity contribution in [2.24, 2.45) is 0 Å². The summed E-state index contributed by atoms with van der Waals surface area (Å²) >= 11 is 5.94. The van der Waals surface area contributed by atoms with Gasteiger partial charge in [-0.25, -0.2) is 0 Å². The number of hydrogen-bond acceptors (Lipinski definition) is 3. The van der Waals surface area contributed by atoms with Crippen LogP contribution in [0.3, 0.4) is 0 Å². The number of amides is 1. The predicted molar refractivity (Wildman–Crippen MR) is 98.8 cm³/mol. The van der Waals surface area contributed by atoms with Crippen molar-refractivity contribution in [1.29, 1.82) is 0 Å². The lowest BCUT2D eigenvalue weighted by molar-refractivity contribution is -0.121. The molecule has 0 unspecified atom stereocenters. The molecule has 0 saturated carbocycles. The van der Waals surface area contributed by atoms with Crippen LogP contribution in [0, 0.1) is 0 Å². The van der Waals surface area contributed by atoms with Crippen molar-refractivity contribution in [3.05, 3.63) is 75.5 Å². The molecule has 1 aromatic heterocycles. The molecule has 0 aliphatic rings. The van der Waals surface area contributed by atoms with E-state index >= 15 is 0 Å². The molecule has 3 rings (SSSR count). The van der Waals surface area contributed by atoms with E-state index in [1.165, 1.54) is 6.20 Å². The van der Waals surface area contributed by atoms with Gasteiger partial charge in [0.15, 0.2) is 0 Å². The maximum Gasteiger partial charge on any atom is 0.221 e. The highest BCUT2D eigenvalue weighted by molar-refractivity contribution is 6.30. The predicted octanol–water partition coefficient (Wildman–Crippen LogP) is 2.80. The summed E-state index contributed by atoms with van der Waals surface area (Å²) in [5.74, 6) is -0.0494. The first-order chi connectivity index (χ1) is 12.1. The Labute approximate surface area is 150 Å². The number of aryl methyl sites for hydroxylation is 1. The number of carbonyl (C=O) groups is 1. The number of carbonyl (C=O) groups excluding carboxylic acids is 1. The van der Waals surface area contributed by atoms with E-state index in [1.54, 1.807) is 10.7 Å². The summed E-state index contributed by atoms with van der Waals surface area (Å²) < 4.78 is 1.69. The van der Waals surface area contributed by atoms with Crippen molar-refractivity contribution in [3.63, 3.8) is 0 Å². The summed E-state index contributed by atoms with van der Waals surface area (Å²) in [5.41, 5.74) is 1.71. The molecule has 0 saturated heterocycles. The zero-order valence-corrected chi connectivity index (χ0v) is 14.4. The van der Waals surface area contributed by atoms with Gasteiger partial charge in [-0.15, -0.1) is 0 Å². The van der Waals surface area contributed by atoms with E-state index in [0.29, 0.717) is 29.9 Å². The Bertz CT molecular complexity index is 953. The number of nitrogens with zero attached hydrogens (tertiary/aromatic N) is 2. The van der Waals surface area contributed by atoms with Gasteiger partial charge in [-0.2, -0.15) is 5.10 Å². The Kier molecular flexibility index (Phi) is 5.46. The Morgan fingerprint density at radius 1 is 1.16 bits per heavy atom. The monoisotopic (exact) mass is 355 g/mol. The fourth-order valence-corrected chi connectivity index (χ4v) is 2.89. The van der Waals surface area contributed by atoms with Crippen molar-refractivity contribution in [2.75, 3.05) is 6.54 Å². The fourth-order valence-electron chi connectivity index (χ4n) is 2.67. The third-order valence-electron chi connectivity index (χ3n) is 3.94. The van der Waals surface area contributed by atoms with Gasteiger partial charge < -0.3 is 5.32 Å². The number of halogens is 1. The van der Waals surface area contributed by atoms with E-state index in [4.69, 9.17) is 11.6 Å². The second kappa shape index (κ2) is 7.94. The molecule has 1 N–H and O–H groups in total. The minimum absolute atomic E-state index is 0.0494. The van der Waals surface area contributed by atoms with Gasteiger partial charge in [-0.05, 0) is 36.2 Å². The fraction of sp³-hybridized carbons (Fsp3) is 0.211. The number of fused-ring (bicyclic) bond motifs is 1. The normalized spacial score (nSPS) is 10.8. The molecule has 25 heavy (non-hydrogen) atoms. The zero-order chi connectivity index (χ0) is 17.6. The molecular weight excluding hydrogens is 338 g/mol. The molecule has 0 aliphatic carbocycles. The lowest BCUT2D eigenvalue weighted by atomic mass is 10.1. The lowest BCUT2D eigenvalue weighted by Gasteiger charge is -2.09. The van der Waals surface area contributed by atoms with Crippen LogP contribution in [0.25, 0.3) is 10.9 Å². The molecule has 0 radical (unpaired) electrons. The van der Waals surface area contributed by atoms with E-state index in [0.717, 1.165) is 17.5 Å². The summed E-state index contributed by atoms with van der Waals surface area (Å²) in [6.45, 7) is 0.974. The van der Waals surface area contributed by atoms with Gasteiger partial charge in [-0.3, -0.25) is 14.3 Å². The minimum atomic E-state index is -0.113. The summed E-state index contributed by atoms with van der Waals surface area (Å²) in [6, 6.07) is 14.9. The number of aromatic nitrogens is 2. The molecule has 1 heterocycles. The maximum atomic E-state index is 12.0. The first-order valence-corrected chi connectivity index (χ1v) is 8.47. The van der Waals surface area contributed by atoms with Crippen molar-refractivity contribution in [2.45, 2.75) is 19.4 Å². The molecule has 0 atom stereocenters. The summed E-state index contributed by atoms with van der Waals surface area (Å²) in [6.07, 6.45) is 2.32.